The maximum Gasteiger partial charge on any atom is 0.269 e. The Kier molecular flexibility index (Phi) is 7.88. The third-order valence-electron chi connectivity index (χ3n) is 5.81. The first kappa shape index (κ1) is 26.2. The van der Waals surface area contributed by atoms with Crippen molar-refractivity contribution in [2.75, 3.05) is 11.9 Å². The Morgan fingerprint density at radius 2 is 1.92 bits per heavy atom. The third kappa shape index (κ3) is 5.73. The molecule has 0 unspecified atom stereocenters. The van der Waals surface area contributed by atoms with Crippen molar-refractivity contribution in [3.63, 3.8) is 0 Å². The molecule has 0 aliphatic carbocycles. The van der Waals surface area contributed by atoms with E-state index in [4.69, 9.17) is 9.47 Å². The van der Waals surface area contributed by atoms with Crippen LogP contribution < -0.4 is 20.3 Å². The SMILES string of the molecule is CCOc1ccc(NC(=O)/C(C#N)=C/c2c(Oc3cc(C)ccc3C(C)C)nc3ccccn3c2=O)cc1. The molecule has 0 atom stereocenters. The van der Waals surface area contributed by atoms with Crippen LogP contribution in [0.15, 0.2) is 77.2 Å². The number of carbonyl (C=O) groups is 1. The minimum atomic E-state index is -0.668. The third-order valence-corrected chi connectivity index (χ3v) is 5.81. The molecule has 0 aliphatic rings. The summed E-state index contributed by atoms with van der Waals surface area (Å²) in [5, 5.41) is 12.5. The maximum absolute atomic E-state index is 13.5. The number of carbonyl (C=O) groups excluding carboxylic acids is 1. The first-order valence-corrected chi connectivity index (χ1v) is 12.3. The summed E-state index contributed by atoms with van der Waals surface area (Å²) >= 11 is 0. The number of hydrogen-bond donors (Lipinski definition) is 1. The van der Waals surface area contributed by atoms with E-state index < -0.39 is 11.5 Å². The highest BCUT2D eigenvalue weighted by molar-refractivity contribution is 6.09. The number of rotatable bonds is 8. The van der Waals surface area contributed by atoms with Gasteiger partial charge in [-0.05, 0) is 79.4 Å². The van der Waals surface area contributed by atoms with E-state index >= 15 is 0 Å². The van der Waals surface area contributed by atoms with Crippen LogP contribution in [0.5, 0.6) is 17.4 Å². The number of fused-ring (bicyclic) bond motifs is 1. The molecule has 0 radical (unpaired) electrons. The first-order chi connectivity index (χ1) is 18.3. The molecular formula is C30H28N4O4. The number of aromatic nitrogens is 2. The van der Waals surface area contributed by atoms with Gasteiger partial charge in [0, 0.05) is 11.9 Å². The van der Waals surface area contributed by atoms with Crippen LogP contribution in [0, 0.1) is 18.3 Å². The summed E-state index contributed by atoms with van der Waals surface area (Å²) in [4.78, 5) is 31.0. The molecule has 1 N–H and O–H groups in total. The molecule has 38 heavy (non-hydrogen) atoms. The Morgan fingerprint density at radius 3 is 2.61 bits per heavy atom. The zero-order valence-corrected chi connectivity index (χ0v) is 21.7. The van der Waals surface area contributed by atoms with Crippen LogP contribution in [0.25, 0.3) is 11.7 Å². The second-order valence-electron chi connectivity index (χ2n) is 8.94. The summed E-state index contributed by atoms with van der Waals surface area (Å²) < 4.78 is 13.0. The van der Waals surface area contributed by atoms with E-state index in [2.05, 4.69) is 10.3 Å². The summed E-state index contributed by atoms with van der Waals surface area (Å²) in [6, 6.07) is 19.7. The highest BCUT2D eigenvalue weighted by atomic mass is 16.5. The van der Waals surface area contributed by atoms with Gasteiger partial charge in [-0.15, -0.1) is 0 Å². The molecule has 0 spiro atoms. The van der Waals surface area contributed by atoms with Gasteiger partial charge in [-0.1, -0.05) is 32.0 Å². The van der Waals surface area contributed by atoms with Crippen LogP contribution in [0.2, 0.25) is 0 Å². The van der Waals surface area contributed by atoms with Crippen LogP contribution in [0.3, 0.4) is 0 Å². The van der Waals surface area contributed by atoms with Crippen molar-refractivity contribution in [3.05, 3.63) is 99.5 Å². The molecule has 8 nitrogen and oxygen atoms in total. The number of pyridine rings is 1. The van der Waals surface area contributed by atoms with Gasteiger partial charge in [0.1, 0.15) is 34.4 Å². The number of anilines is 1. The van der Waals surface area contributed by atoms with Gasteiger partial charge in [-0.2, -0.15) is 10.2 Å². The lowest BCUT2D eigenvalue weighted by Gasteiger charge is -2.16. The van der Waals surface area contributed by atoms with E-state index in [1.54, 1.807) is 48.7 Å². The maximum atomic E-state index is 13.5. The number of nitrogens with zero attached hydrogens (tertiary/aromatic N) is 3. The van der Waals surface area contributed by atoms with Gasteiger partial charge in [0.15, 0.2) is 0 Å². The van der Waals surface area contributed by atoms with Crippen molar-refractivity contribution in [1.82, 2.24) is 9.38 Å². The number of benzene rings is 2. The summed E-state index contributed by atoms with van der Waals surface area (Å²) in [6.07, 6.45) is 2.79. The smallest absolute Gasteiger partial charge is 0.269 e. The van der Waals surface area contributed by atoms with Crippen molar-refractivity contribution in [2.45, 2.75) is 33.6 Å². The fourth-order valence-corrected chi connectivity index (χ4v) is 3.89. The number of nitriles is 1. The Labute approximate surface area is 220 Å². The van der Waals surface area contributed by atoms with Gasteiger partial charge >= 0.3 is 0 Å². The van der Waals surface area contributed by atoms with E-state index in [9.17, 15) is 14.9 Å². The molecule has 0 aliphatic heterocycles. The quantitative estimate of drug-likeness (QED) is 0.236. The number of hydrogen-bond acceptors (Lipinski definition) is 6. The lowest BCUT2D eigenvalue weighted by Crippen LogP contribution is -2.20. The minimum Gasteiger partial charge on any atom is -0.494 e. The van der Waals surface area contributed by atoms with E-state index in [0.717, 1.165) is 11.1 Å². The predicted octanol–water partition coefficient (Wildman–Crippen LogP) is 5.86. The summed E-state index contributed by atoms with van der Waals surface area (Å²) in [5.41, 5.74) is 2.02. The van der Waals surface area contributed by atoms with Crippen molar-refractivity contribution in [2.24, 2.45) is 0 Å². The van der Waals surface area contributed by atoms with E-state index in [-0.39, 0.29) is 22.9 Å². The fourth-order valence-electron chi connectivity index (χ4n) is 3.89. The van der Waals surface area contributed by atoms with Crippen LogP contribution in [0.4, 0.5) is 5.69 Å². The van der Waals surface area contributed by atoms with Gasteiger partial charge in [-0.25, -0.2) is 0 Å². The average Bonchev–Trinajstić information content (AvgIpc) is 2.90. The monoisotopic (exact) mass is 508 g/mol. The number of nitrogens with one attached hydrogen (secondary N) is 1. The van der Waals surface area contributed by atoms with Gasteiger partial charge in [0.05, 0.1) is 6.61 Å². The molecule has 2 aromatic heterocycles. The molecule has 0 fully saturated rings. The first-order valence-electron chi connectivity index (χ1n) is 12.3. The van der Waals surface area contributed by atoms with Gasteiger partial charge < -0.3 is 14.8 Å². The van der Waals surface area contributed by atoms with Crippen molar-refractivity contribution in [1.29, 1.82) is 5.26 Å². The second-order valence-corrected chi connectivity index (χ2v) is 8.94. The second kappa shape index (κ2) is 11.4. The zero-order chi connectivity index (χ0) is 27.2. The molecule has 0 saturated carbocycles. The van der Waals surface area contributed by atoms with Crippen LogP contribution in [-0.2, 0) is 4.79 Å². The van der Waals surface area contributed by atoms with Crippen LogP contribution >= 0.6 is 0 Å². The van der Waals surface area contributed by atoms with E-state index in [1.807, 2.05) is 52.0 Å². The summed E-state index contributed by atoms with van der Waals surface area (Å²) in [6.45, 7) is 8.43. The zero-order valence-electron chi connectivity index (χ0n) is 21.7. The fraction of sp³-hybridized carbons (Fsp3) is 0.200. The molecule has 1 amide bonds. The molecular weight excluding hydrogens is 480 g/mol. The summed E-state index contributed by atoms with van der Waals surface area (Å²) in [7, 11) is 0. The standard InChI is InChI=1S/C30H28N4O4/c1-5-37-23-12-10-22(11-13-23)32-28(35)21(18-31)17-25-29(33-27-8-6-7-15-34(27)30(25)36)38-26-16-20(4)9-14-24(26)19(2)3/h6-17,19H,5H2,1-4H3,(H,32,35)/b21-17+. The van der Waals surface area contributed by atoms with Crippen molar-refractivity contribution in [3.8, 4) is 23.4 Å². The topological polar surface area (TPSA) is 106 Å². The molecule has 2 aromatic carbocycles. The number of aryl methyl sites for hydroxylation is 1. The molecule has 4 rings (SSSR count). The summed E-state index contributed by atoms with van der Waals surface area (Å²) in [5.74, 6) is 0.712. The van der Waals surface area contributed by atoms with Gasteiger partial charge in [0.2, 0.25) is 5.88 Å². The largest absolute Gasteiger partial charge is 0.494 e. The molecule has 0 bridgehead atoms. The number of amides is 1. The molecule has 192 valence electrons. The van der Waals surface area contributed by atoms with Gasteiger partial charge in [0.25, 0.3) is 11.5 Å². The van der Waals surface area contributed by atoms with Crippen LogP contribution in [0.1, 0.15) is 43.4 Å². The Balaban J connectivity index is 1.78. The highest BCUT2D eigenvalue weighted by Gasteiger charge is 2.19. The van der Waals surface area contributed by atoms with E-state index in [0.29, 0.717) is 29.4 Å². The lowest BCUT2D eigenvalue weighted by atomic mass is 10.0. The number of ether oxygens (including phenoxy) is 2. The Morgan fingerprint density at radius 1 is 1.16 bits per heavy atom. The lowest BCUT2D eigenvalue weighted by molar-refractivity contribution is -0.112. The minimum absolute atomic E-state index is 0.00955. The van der Waals surface area contributed by atoms with Crippen LogP contribution in [-0.4, -0.2) is 21.9 Å². The molecule has 2 heterocycles. The molecule has 4 aromatic rings. The average molecular weight is 509 g/mol. The highest BCUT2D eigenvalue weighted by Crippen LogP contribution is 2.32. The Bertz CT molecular complexity index is 1610. The molecule has 8 heteroatoms. The predicted molar refractivity (Wildman–Crippen MR) is 147 cm³/mol. The van der Waals surface area contributed by atoms with Crippen molar-refractivity contribution >= 4 is 23.3 Å². The normalized spacial score (nSPS) is 11.3. The van der Waals surface area contributed by atoms with Crippen molar-refractivity contribution < 1.29 is 14.3 Å². The van der Waals surface area contributed by atoms with E-state index in [1.165, 1.54) is 10.5 Å². The molecule has 0 saturated heterocycles. The Hall–Kier alpha value is -4.90. The van der Waals surface area contributed by atoms with Gasteiger partial charge in [-0.3, -0.25) is 14.0 Å².